The van der Waals surface area contributed by atoms with Crippen LogP contribution in [0.2, 0.25) is 0 Å². The molecular weight excluding hydrogens is 460 g/mol. The van der Waals surface area contributed by atoms with Crippen molar-refractivity contribution in [1.29, 1.82) is 0 Å². The van der Waals surface area contributed by atoms with Gasteiger partial charge in [-0.1, -0.05) is 18.2 Å². The molecule has 1 heterocycles. The Morgan fingerprint density at radius 2 is 1.61 bits per heavy atom. The van der Waals surface area contributed by atoms with Gasteiger partial charge in [-0.2, -0.15) is 0 Å². The Kier molecular flexibility index (Phi) is 7.75. The maximum atomic E-state index is 13.0. The molecule has 0 atom stereocenters. The van der Waals surface area contributed by atoms with Crippen LogP contribution in [0.15, 0.2) is 71.3 Å². The number of ether oxygens (including phenoxy) is 4. The molecule has 1 aromatic heterocycles. The quantitative estimate of drug-likeness (QED) is 0.335. The van der Waals surface area contributed by atoms with E-state index in [1.807, 2.05) is 48.5 Å². The maximum Gasteiger partial charge on any atom is 0.252 e. The normalized spacial score (nSPS) is 10.6. The first-order valence-corrected chi connectivity index (χ1v) is 11.3. The molecule has 8 nitrogen and oxygen atoms in total. The van der Waals surface area contributed by atoms with Gasteiger partial charge in [-0.05, 0) is 48.4 Å². The summed E-state index contributed by atoms with van der Waals surface area (Å²) in [7, 11) is 6.37. The lowest BCUT2D eigenvalue weighted by Gasteiger charge is -2.11. The molecule has 0 aliphatic rings. The number of aromatic nitrogens is 1. The molecule has 36 heavy (non-hydrogen) atoms. The molecule has 0 saturated carbocycles. The maximum absolute atomic E-state index is 13.0. The van der Waals surface area contributed by atoms with Gasteiger partial charge in [0.2, 0.25) is 5.89 Å². The van der Waals surface area contributed by atoms with Crippen molar-refractivity contribution >= 4 is 5.91 Å². The highest BCUT2D eigenvalue weighted by Gasteiger charge is 2.18. The predicted octanol–water partition coefficient (Wildman–Crippen LogP) is 5.02. The van der Waals surface area contributed by atoms with Crippen LogP contribution < -0.4 is 24.3 Å². The second-order valence-corrected chi connectivity index (χ2v) is 7.84. The predicted molar refractivity (Wildman–Crippen MR) is 136 cm³/mol. The Bertz CT molecular complexity index is 1350. The smallest absolute Gasteiger partial charge is 0.252 e. The topological polar surface area (TPSA) is 92.1 Å². The number of hydrogen-bond donors (Lipinski definition) is 1. The summed E-state index contributed by atoms with van der Waals surface area (Å²) in [5, 5.41) is 2.98. The average Bonchev–Trinajstić information content (AvgIpc) is 3.42. The third kappa shape index (κ3) is 5.27. The molecule has 186 valence electrons. The summed E-state index contributed by atoms with van der Waals surface area (Å²) in [4.78, 5) is 17.5. The van der Waals surface area contributed by atoms with Crippen LogP contribution in [0, 0.1) is 0 Å². The zero-order valence-electron chi connectivity index (χ0n) is 20.7. The van der Waals surface area contributed by atoms with Gasteiger partial charge in [-0.15, -0.1) is 0 Å². The Hall–Kier alpha value is -4.46. The number of benzene rings is 3. The van der Waals surface area contributed by atoms with Gasteiger partial charge >= 0.3 is 0 Å². The SMILES string of the molecule is COc1ccc(-c2cnc(-c3ccccc3C(=O)NCCc3ccc(OC)c(OC)c3)o2)c(OC)c1. The average molecular weight is 489 g/mol. The molecule has 0 fully saturated rings. The highest BCUT2D eigenvalue weighted by molar-refractivity contribution is 6.00. The van der Waals surface area contributed by atoms with Gasteiger partial charge in [-0.3, -0.25) is 4.79 Å². The third-order valence-corrected chi connectivity index (χ3v) is 5.73. The van der Waals surface area contributed by atoms with E-state index < -0.39 is 0 Å². The summed E-state index contributed by atoms with van der Waals surface area (Å²) >= 11 is 0. The van der Waals surface area contributed by atoms with Crippen molar-refractivity contribution < 1.29 is 28.2 Å². The molecule has 3 aromatic carbocycles. The molecule has 4 aromatic rings. The van der Waals surface area contributed by atoms with Crippen LogP contribution >= 0.6 is 0 Å². The number of methoxy groups -OCH3 is 4. The first kappa shape index (κ1) is 24.7. The minimum Gasteiger partial charge on any atom is -0.497 e. The lowest BCUT2D eigenvalue weighted by molar-refractivity contribution is 0.0954. The number of rotatable bonds is 10. The van der Waals surface area contributed by atoms with Crippen LogP contribution in [0.1, 0.15) is 15.9 Å². The number of carbonyl (C=O) groups is 1. The highest BCUT2D eigenvalue weighted by Crippen LogP contribution is 2.35. The molecule has 0 spiro atoms. The van der Waals surface area contributed by atoms with Gasteiger partial charge in [0.15, 0.2) is 17.3 Å². The van der Waals surface area contributed by atoms with Crippen LogP contribution in [-0.2, 0) is 6.42 Å². The van der Waals surface area contributed by atoms with E-state index in [-0.39, 0.29) is 5.91 Å². The van der Waals surface area contributed by atoms with E-state index in [0.29, 0.717) is 58.7 Å². The molecule has 4 rings (SSSR count). The molecule has 0 saturated heterocycles. The zero-order valence-corrected chi connectivity index (χ0v) is 20.7. The minimum absolute atomic E-state index is 0.215. The fourth-order valence-corrected chi connectivity index (χ4v) is 3.84. The molecule has 0 radical (unpaired) electrons. The van der Waals surface area contributed by atoms with Crippen molar-refractivity contribution in [3.63, 3.8) is 0 Å². The largest absolute Gasteiger partial charge is 0.497 e. The standard InChI is InChI=1S/C28H28N2O6/c1-32-19-10-11-22(24(16-19)34-3)26-17-30-28(36-26)21-8-6-5-7-20(21)27(31)29-14-13-18-9-12-23(33-2)25(15-18)35-4/h5-12,15-17H,13-14H2,1-4H3,(H,29,31). The van der Waals surface area contributed by atoms with E-state index in [2.05, 4.69) is 10.3 Å². The van der Waals surface area contributed by atoms with E-state index in [0.717, 1.165) is 11.1 Å². The second kappa shape index (κ2) is 11.3. The van der Waals surface area contributed by atoms with Crippen molar-refractivity contribution in [2.45, 2.75) is 6.42 Å². The molecular formula is C28H28N2O6. The van der Waals surface area contributed by atoms with E-state index in [1.165, 1.54) is 0 Å². The van der Waals surface area contributed by atoms with Gasteiger partial charge < -0.3 is 28.7 Å². The Labute approximate surface area is 209 Å². The third-order valence-electron chi connectivity index (χ3n) is 5.73. The first-order chi connectivity index (χ1) is 17.6. The molecule has 0 bridgehead atoms. The number of nitrogens with one attached hydrogen (secondary N) is 1. The van der Waals surface area contributed by atoms with Crippen LogP contribution in [0.25, 0.3) is 22.8 Å². The zero-order chi connectivity index (χ0) is 25.5. The summed E-state index contributed by atoms with van der Waals surface area (Å²) in [6, 6.07) is 18.3. The summed E-state index contributed by atoms with van der Waals surface area (Å²) in [5.41, 5.74) is 2.82. The van der Waals surface area contributed by atoms with Crippen molar-refractivity contribution in [3.8, 4) is 45.8 Å². The van der Waals surface area contributed by atoms with Gasteiger partial charge in [0.25, 0.3) is 5.91 Å². The molecule has 8 heteroatoms. The number of amides is 1. The number of nitrogens with zero attached hydrogens (tertiary/aromatic N) is 1. The lowest BCUT2D eigenvalue weighted by Crippen LogP contribution is -2.26. The summed E-state index contributed by atoms with van der Waals surface area (Å²) in [6.45, 7) is 0.447. The van der Waals surface area contributed by atoms with E-state index in [1.54, 1.807) is 46.8 Å². The fourth-order valence-electron chi connectivity index (χ4n) is 3.84. The number of carbonyl (C=O) groups excluding carboxylic acids is 1. The molecule has 1 amide bonds. The van der Waals surface area contributed by atoms with Crippen LogP contribution in [0.5, 0.6) is 23.0 Å². The molecule has 0 aliphatic heterocycles. The van der Waals surface area contributed by atoms with Crippen molar-refractivity contribution in [1.82, 2.24) is 10.3 Å². The molecule has 0 aliphatic carbocycles. The number of oxazole rings is 1. The van der Waals surface area contributed by atoms with E-state index >= 15 is 0 Å². The first-order valence-electron chi connectivity index (χ1n) is 11.3. The molecule has 0 unspecified atom stereocenters. The van der Waals surface area contributed by atoms with Crippen molar-refractivity contribution in [3.05, 3.63) is 78.0 Å². The Morgan fingerprint density at radius 3 is 2.36 bits per heavy atom. The number of hydrogen-bond acceptors (Lipinski definition) is 7. The molecule has 1 N–H and O–H groups in total. The lowest BCUT2D eigenvalue weighted by atomic mass is 10.1. The summed E-state index contributed by atoms with van der Waals surface area (Å²) in [5.74, 6) is 3.23. The summed E-state index contributed by atoms with van der Waals surface area (Å²) in [6.07, 6.45) is 2.25. The fraction of sp³-hybridized carbons (Fsp3) is 0.214. The highest BCUT2D eigenvalue weighted by atomic mass is 16.5. The van der Waals surface area contributed by atoms with Gasteiger partial charge in [0.1, 0.15) is 11.5 Å². The van der Waals surface area contributed by atoms with E-state index in [4.69, 9.17) is 23.4 Å². The van der Waals surface area contributed by atoms with Crippen molar-refractivity contribution in [2.75, 3.05) is 35.0 Å². The Morgan fingerprint density at radius 1 is 0.833 bits per heavy atom. The van der Waals surface area contributed by atoms with Crippen molar-refractivity contribution in [2.24, 2.45) is 0 Å². The van der Waals surface area contributed by atoms with Crippen LogP contribution in [0.3, 0.4) is 0 Å². The van der Waals surface area contributed by atoms with Gasteiger partial charge in [0.05, 0.1) is 45.8 Å². The van der Waals surface area contributed by atoms with E-state index in [9.17, 15) is 4.79 Å². The van der Waals surface area contributed by atoms with Gasteiger partial charge in [-0.25, -0.2) is 4.98 Å². The Balaban J connectivity index is 1.50. The van der Waals surface area contributed by atoms with Gasteiger partial charge in [0, 0.05) is 18.2 Å². The van der Waals surface area contributed by atoms with Crippen LogP contribution in [0.4, 0.5) is 0 Å². The second-order valence-electron chi connectivity index (χ2n) is 7.84. The van der Waals surface area contributed by atoms with Crippen LogP contribution in [-0.4, -0.2) is 45.9 Å². The monoisotopic (exact) mass is 488 g/mol. The summed E-state index contributed by atoms with van der Waals surface area (Å²) < 4.78 is 27.4. The minimum atomic E-state index is -0.215.